The van der Waals surface area contributed by atoms with Crippen LogP contribution in [0.4, 0.5) is 0 Å². The smallest absolute Gasteiger partial charge is 0.344 e. The van der Waals surface area contributed by atoms with Gasteiger partial charge in [-0.05, 0) is 74.5 Å². The van der Waals surface area contributed by atoms with E-state index in [2.05, 4.69) is 41.9 Å². The summed E-state index contributed by atoms with van der Waals surface area (Å²) in [6.07, 6.45) is 3.01. The van der Waals surface area contributed by atoms with Crippen molar-refractivity contribution in [2.75, 3.05) is 26.8 Å². The zero-order valence-electron chi connectivity index (χ0n) is 17.0. The molecule has 1 aliphatic heterocycles. The fourth-order valence-corrected chi connectivity index (χ4v) is 6.12. The van der Waals surface area contributed by atoms with Gasteiger partial charge in [0.15, 0.2) is 5.75 Å². The zero-order valence-corrected chi connectivity index (χ0v) is 20.9. The molecule has 0 saturated carbocycles. The number of rotatable bonds is 9. The summed E-state index contributed by atoms with van der Waals surface area (Å²) < 4.78 is 40.0. The molecule has 0 bridgehead atoms. The van der Waals surface area contributed by atoms with Gasteiger partial charge < -0.3 is 19.4 Å². The average molecular weight is 592 g/mol. The standard InChI is InChI=1S/C20H20Br2N2O7S/c1-29-17-5-4-14(10-18(17)32(27,28)24-6-2-3-7-24)31-20-15(21)8-13(9-16(20)22)11-23-30-12-19(25)26/h4-5,8-11H,2-3,6-7,12H2,1H3,(H,25,26). The maximum atomic E-state index is 13.1. The van der Waals surface area contributed by atoms with Crippen LogP contribution in [0.5, 0.6) is 17.2 Å². The number of halogens is 2. The molecule has 2 aromatic carbocycles. The van der Waals surface area contributed by atoms with Crippen molar-refractivity contribution in [1.29, 1.82) is 0 Å². The van der Waals surface area contributed by atoms with Crippen LogP contribution in [0.3, 0.4) is 0 Å². The van der Waals surface area contributed by atoms with Gasteiger partial charge in [-0.25, -0.2) is 13.2 Å². The lowest BCUT2D eigenvalue weighted by Gasteiger charge is -2.19. The lowest BCUT2D eigenvalue weighted by Crippen LogP contribution is -2.28. The van der Waals surface area contributed by atoms with Gasteiger partial charge in [0.25, 0.3) is 0 Å². The quantitative estimate of drug-likeness (QED) is 0.343. The Morgan fingerprint density at radius 1 is 1.19 bits per heavy atom. The first-order chi connectivity index (χ1) is 15.2. The summed E-state index contributed by atoms with van der Waals surface area (Å²) in [6, 6.07) is 8.01. The molecule has 0 atom stereocenters. The first kappa shape index (κ1) is 24.5. The van der Waals surface area contributed by atoms with E-state index < -0.39 is 22.6 Å². The number of ether oxygens (including phenoxy) is 2. The molecule has 1 heterocycles. The van der Waals surface area contributed by atoms with E-state index >= 15 is 0 Å². The Bertz CT molecular complexity index is 1110. The van der Waals surface area contributed by atoms with Crippen LogP contribution in [-0.2, 0) is 19.7 Å². The molecule has 1 saturated heterocycles. The number of nitrogens with zero attached hydrogens (tertiary/aromatic N) is 2. The number of sulfonamides is 1. The van der Waals surface area contributed by atoms with Crippen LogP contribution < -0.4 is 9.47 Å². The van der Waals surface area contributed by atoms with E-state index in [4.69, 9.17) is 14.6 Å². The topological polar surface area (TPSA) is 115 Å². The molecule has 1 aliphatic rings. The van der Waals surface area contributed by atoms with Gasteiger partial charge >= 0.3 is 5.97 Å². The highest BCUT2D eigenvalue weighted by atomic mass is 79.9. The Morgan fingerprint density at radius 2 is 1.84 bits per heavy atom. The summed E-state index contributed by atoms with van der Waals surface area (Å²) in [5.74, 6) is -0.145. The Morgan fingerprint density at radius 3 is 2.44 bits per heavy atom. The summed E-state index contributed by atoms with van der Waals surface area (Å²) in [5.41, 5.74) is 0.619. The predicted octanol–water partition coefficient (Wildman–Crippen LogP) is 4.23. The number of hydrogen-bond donors (Lipinski definition) is 1. The molecule has 0 aliphatic carbocycles. The van der Waals surface area contributed by atoms with Gasteiger partial charge in [0, 0.05) is 19.2 Å². The maximum Gasteiger partial charge on any atom is 0.344 e. The highest BCUT2D eigenvalue weighted by Gasteiger charge is 2.30. The molecule has 32 heavy (non-hydrogen) atoms. The molecule has 1 N–H and O–H groups in total. The third-order valence-corrected chi connectivity index (χ3v) is 7.62. The van der Waals surface area contributed by atoms with Crippen LogP contribution in [0.25, 0.3) is 0 Å². The molecule has 0 amide bonds. The van der Waals surface area contributed by atoms with Crippen LogP contribution >= 0.6 is 31.9 Å². The molecule has 12 heteroatoms. The fraction of sp³-hybridized carbons (Fsp3) is 0.300. The van der Waals surface area contributed by atoms with Crippen LogP contribution in [0.1, 0.15) is 18.4 Å². The third-order valence-electron chi connectivity index (χ3n) is 4.52. The molecule has 0 aromatic heterocycles. The highest BCUT2D eigenvalue weighted by molar-refractivity contribution is 9.11. The lowest BCUT2D eigenvalue weighted by atomic mass is 10.2. The minimum absolute atomic E-state index is 0.0472. The van der Waals surface area contributed by atoms with Crippen LogP contribution in [0, 0.1) is 0 Å². The van der Waals surface area contributed by atoms with Crippen molar-refractivity contribution in [1.82, 2.24) is 4.31 Å². The fourth-order valence-electron chi connectivity index (χ4n) is 3.05. The molecule has 172 valence electrons. The lowest BCUT2D eigenvalue weighted by molar-refractivity contribution is -0.142. The van der Waals surface area contributed by atoms with Crippen LogP contribution in [0.2, 0.25) is 0 Å². The molecule has 2 aromatic rings. The number of benzene rings is 2. The summed E-state index contributed by atoms with van der Waals surface area (Å²) in [4.78, 5) is 15.2. The SMILES string of the molecule is COc1ccc(Oc2c(Br)cc(C=NOCC(=O)O)cc2Br)cc1S(=O)(=O)N1CCCC1. The Labute approximate surface area is 202 Å². The summed E-state index contributed by atoms with van der Waals surface area (Å²) >= 11 is 6.85. The first-order valence-electron chi connectivity index (χ1n) is 9.44. The van der Waals surface area contributed by atoms with E-state index in [1.54, 1.807) is 24.3 Å². The van der Waals surface area contributed by atoms with Gasteiger partial charge in [-0.3, -0.25) is 0 Å². The van der Waals surface area contributed by atoms with Crippen molar-refractivity contribution in [3.05, 3.63) is 44.8 Å². The van der Waals surface area contributed by atoms with Gasteiger partial charge in [-0.2, -0.15) is 4.31 Å². The monoisotopic (exact) mass is 590 g/mol. The molecule has 9 nitrogen and oxygen atoms in total. The van der Waals surface area contributed by atoms with E-state index in [-0.39, 0.29) is 10.6 Å². The molecule has 0 radical (unpaired) electrons. The predicted molar refractivity (Wildman–Crippen MR) is 124 cm³/mol. The number of aliphatic carboxylic acids is 1. The second-order valence-corrected chi connectivity index (χ2v) is 10.4. The van der Waals surface area contributed by atoms with Gasteiger partial charge in [-0.1, -0.05) is 5.16 Å². The van der Waals surface area contributed by atoms with Crippen LogP contribution in [-0.4, -0.2) is 56.8 Å². The summed E-state index contributed by atoms with van der Waals surface area (Å²) in [7, 11) is -2.29. The Hall–Kier alpha value is -2.15. The molecular formula is C20H20Br2N2O7S. The number of oxime groups is 1. The minimum atomic E-state index is -3.71. The number of carbonyl (C=O) groups is 1. The van der Waals surface area contributed by atoms with Crippen molar-refractivity contribution >= 4 is 54.1 Å². The molecule has 1 fully saturated rings. The number of carboxylic acids is 1. The van der Waals surface area contributed by atoms with Crippen LogP contribution in [0.15, 0.2) is 49.3 Å². The number of hydrogen-bond acceptors (Lipinski definition) is 7. The van der Waals surface area contributed by atoms with Gasteiger partial charge in [0.2, 0.25) is 16.6 Å². The van der Waals surface area contributed by atoms with E-state index in [0.717, 1.165) is 12.8 Å². The maximum absolute atomic E-state index is 13.1. The van der Waals surface area contributed by atoms with Crippen molar-refractivity contribution < 1.29 is 32.6 Å². The Kier molecular flexibility index (Phi) is 8.15. The summed E-state index contributed by atoms with van der Waals surface area (Å²) in [6.45, 7) is 0.417. The molecular weight excluding hydrogens is 572 g/mol. The van der Waals surface area contributed by atoms with Gasteiger partial charge in [-0.15, -0.1) is 0 Å². The summed E-state index contributed by atoms with van der Waals surface area (Å²) in [5, 5.41) is 12.2. The molecule has 3 rings (SSSR count). The van der Waals surface area contributed by atoms with Crippen molar-refractivity contribution in [3.63, 3.8) is 0 Å². The van der Waals surface area contributed by atoms with Crippen molar-refractivity contribution in [2.45, 2.75) is 17.7 Å². The van der Waals surface area contributed by atoms with Gasteiger partial charge in [0.05, 0.1) is 22.3 Å². The second-order valence-electron chi connectivity index (χ2n) is 6.74. The van der Waals surface area contributed by atoms with Crippen molar-refractivity contribution in [3.8, 4) is 17.2 Å². The second kappa shape index (κ2) is 10.6. The largest absolute Gasteiger partial charge is 0.495 e. The third kappa shape index (κ3) is 5.80. The minimum Gasteiger partial charge on any atom is -0.495 e. The van der Waals surface area contributed by atoms with E-state index in [1.165, 1.54) is 23.7 Å². The number of carboxylic acid groups (broad SMARTS) is 1. The average Bonchev–Trinajstić information content (AvgIpc) is 3.29. The molecule has 0 unspecified atom stereocenters. The number of methoxy groups -OCH3 is 1. The van der Waals surface area contributed by atoms with E-state index in [1.807, 2.05) is 0 Å². The van der Waals surface area contributed by atoms with Crippen molar-refractivity contribution in [2.24, 2.45) is 5.16 Å². The Balaban J connectivity index is 1.86. The normalized spacial score (nSPS) is 14.6. The first-order valence-corrected chi connectivity index (χ1v) is 12.5. The van der Waals surface area contributed by atoms with Gasteiger partial charge in [0.1, 0.15) is 16.4 Å². The zero-order chi connectivity index (χ0) is 23.3. The van der Waals surface area contributed by atoms with E-state index in [0.29, 0.717) is 39.1 Å². The highest BCUT2D eigenvalue weighted by Crippen LogP contribution is 2.39. The molecule has 0 spiro atoms. The van der Waals surface area contributed by atoms with E-state index in [9.17, 15) is 13.2 Å².